The molecule has 1 atom stereocenters. The molecule has 2 heterocycles. The average molecular weight is 360 g/mol. The van der Waals surface area contributed by atoms with Crippen molar-refractivity contribution in [3.05, 3.63) is 72.4 Å². The van der Waals surface area contributed by atoms with Crippen LogP contribution in [0.4, 0.5) is 0 Å². The first kappa shape index (κ1) is 17.5. The van der Waals surface area contributed by atoms with Crippen molar-refractivity contribution in [2.75, 3.05) is 13.6 Å². The topological polar surface area (TPSA) is 50.2 Å². The molecule has 1 saturated heterocycles. The van der Waals surface area contributed by atoms with Gasteiger partial charge >= 0.3 is 0 Å². The fraction of sp³-hybridized carbons (Fsp3) is 0.273. The zero-order valence-electron chi connectivity index (χ0n) is 15.5. The summed E-state index contributed by atoms with van der Waals surface area (Å²) in [5.41, 5.74) is 4.02. The zero-order chi connectivity index (χ0) is 18.6. The Balaban J connectivity index is 1.65. The van der Waals surface area contributed by atoms with Crippen LogP contribution in [-0.4, -0.2) is 40.2 Å². The maximum atomic E-state index is 12.7. The molecule has 1 unspecified atom stereocenters. The van der Waals surface area contributed by atoms with E-state index in [0.717, 1.165) is 41.9 Å². The molecule has 138 valence electrons. The van der Waals surface area contributed by atoms with Crippen molar-refractivity contribution in [1.82, 2.24) is 20.0 Å². The molecule has 0 radical (unpaired) electrons. The molecule has 1 aromatic heterocycles. The van der Waals surface area contributed by atoms with E-state index in [2.05, 4.69) is 17.4 Å². The lowest BCUT2D eigenvalue weighted by molar-refractivity contribution is -0.132. The van der Waals surface area contributed by atoms with Gasteiger partial charge in [0.25, 0.3) is 0 Å². The van der Waals surface area contributed by atoms with Gasteiger partial charge in [0.05, 0.1) is 17.4 Å². The predicted octanol–water partition coefficient (Wildman–Crippen LogP) is 3.25. The Bertz CT molecular complexity index is 899. The van der Waals surface area contributed by atoms with Crippen LogP contribution in [0.1, 0.15) is 18.4 Å². The van der Waals surface area contributed by atoms with Crippen LogP contribution in [0.2, 0.25) is 0 Å². The summed E-state index contributed by atoms with van der Waals surface area (Å²) in [7, 11) is 1.87. The summed E-state index contributed by atoms with van der Waals surface area (Å²) >= 11 is 0. The maximum Gasteiger partial charge on any atom is 0.239 e. The molecular formula is C22H24N4O. The first-order valence-corrected chi connectivity index (χ1v) is 9.40. The third kappa shape index (κ3) is 3.78. The SMILES string of the molecule is CN(Cc1cn(-c2ccccc2)nc1-c1ccccc1)C(=O)C1CCCN1. The van der Waals surface area contributed by atoms with Crippen molar-refractivity contribution in [3.63, 3.8) is 0 Å². The van der Waals surface area contributed by atoms with Crippen LogP contribution in [0.15, 0.2) is 66.9 Å². The molecule has 0 bridgehead atoms. The number of nitrogens with zero attached hydrogens (tertiary/aromatic N) is 3. The Hall–Kier alpha value is -2.92. The van der Waals surface area contributed by atoms with Crippen LogP contribution in [0.3, 0.4) is 0 Å². The molecular weight excluding hydrogens is 336 g/mol. The van der Waals surface area contributed by atoms with E-state index >= 15 is 0 Å². The second-order valence-electron chi connectivity index (χ2n) is 6.99. The summed E-state index contributed by atoms with van der Waals surface area (Å²) in [6, 6.07) is 20.1. The molecule has 1 fully saturated rings. The van der Waals surface area contributed by atoms with Crippen LogP contribution in [-0.2, 0) is 11.3 Å². The summed E-state index contributed by atoms with van der Waals surface area (Å²) in [6.07, 6.45) is 4.01. The van der Waals surface area contributed by atoms with Gasteiger partial charge in [-0.1, -0.05) is 48.5 Å². The minimum absolute atomic E-state index is 0.0562. The number of carbonyl (C=O) groups is 1. The first-order chi connectivity index (χ1) is 13.2. The van der Waals surface area contributed by atoms with E-state index in [1.54, 1.807) is 0 Å². The lowest BCUT2D eigenvalue weighted by Crippen LogP contribution is -2.41. The van der Waals surface area contributed by atoms with Gasteiger partial charge in [-0.15, -0.1) is 0 Å². The van der Waals surface area contributed by atoms with Gasteiger partial charge in [0, 0.05) is 30.9 Å². The summed E-state index contributed by atoms with van der Waals surface area (Å²) in [5.74, 6) is 0.152. The number of benzene rings is 2. The average Bonchev–Trinajstić information content (AvgIpc) is 3.39. The molecule has 2 aromatic carbocycles. The first-order valence-electron chi connectivity index (χ1n) is 9.40. The Morgan fingerprint density at radius 3 is 2.52 bits per heavy atom. The van der Waals surface area contributed by atoms with Crippen molar-refractivity contribution in [2.24, 2.45) is 0 Å². The smallest absolute Gasteiger partial charge is 0.239 e. The van der Waals surface area contributed by atoms with Crippen LogP contribution in [0.25, 0.3) is 16.9 Å². The van der Waals surface area contributed by atoms with Gasteiger partial charge in [-0.3, -0.25) is 4.79 Å². The molecule has 4 rings (SSSR count). The second kappa shape index (κ2) is 7.76. The van der Waals surface area contributed by atoms with Gasteiger partial charge in [-0.25, -0.2) is 4.68 Å². The van der Waals surface area contributed by atoms with Crippen molar-refractivity contribution < 1.29 is 4.79 Å². The van der Waals surface area contributed by atoms with E-state index in [0.29, 0.717) is 6.54 Å². The number of para-hydroxylation sites is 1. The van der Waals surface area contributed by atoms with Gasteiger partial charge in [0.2, 0.25) is 5.91 Å². The number of hydrogen-bond donors (Lipinski definition) is 1. The number of amides is 1. The Kier molecular flexibility index (Phi) is 5.03. The largest absolute Gasteiger partial charge is 0.340 e. The third-order valence-electron chi connectivity index (χ3n) is 5.00. The van der Waals surface area contributed by atoms with Crippen molar-refractivity contribution in [3.8, 4) is 16.9 Å². The molecule has 0 spiro atoms. The highest BCUT2D eigenvalue weighted by Gasteiger charge is 2.26. The molecule has 1 aliphatic rings. The number of likely N-dealkylation sites (N-methyl/N-ethyl adjacent to an activating group) is 1. The molecule has 0 saturated carbocycles. The highest BCUT2D eigenvalue weighted by atomic mass is 16.2. The summed E-state index contributed by atoms with van der Waals surface area (Å²) in [5, 5.41) is 8.11. The van der Waals surface area contributed by atoms with Gasteiger partial charge in [0.15, 0.2) is 0 Å². The Morgan fingerprint density at radius 1 is 1.15 bits per heavy atom. The molecule has 1 N–H and O–H groups in total. The van der Waals surface area contributed by atoms with Crippen LogP contribution in [0.5, 0.6) is 0 Å². The predicted molar refractivity (Wildman–Crippen MR) is 106 cm³/mol. The Labute approximate surface area is 159 Å². The second-order valence-corrected chi connectivity index (χ2v) is 6.99. The fourth-order valence-corrected chi connectivity index (χ4v) is 3.57. The molecule has 1 aliphatic heterocycles. The quantitative estimate of drug-likeness (QED) is 0.760. The van der Waals surface area contributed by atoms with Crippen LogP contribution >= 0.6 is 0 Å². The molecule has 1 amide bonds. The van der Waals surface area contributed by atoms with E-state index in [-0.39, 0.29) is 11.9 Å². The number of carbonyl (C=O) groups excluding carboxylic acids is 1. The minimum atomic E-state index is -0.0562. The number of aromatic nitrogens is 2. The molecule has 5 heteroatoms. The zero-order valence-corrected chi connectivity index (χ0v) is 15.5. The monoisotopic (exact) mass is 360 g/mol. The van der Waals surface area contributed by atoms with E-state index in [9.17, 15) is 4.79 Å². The fourth-order valence-electron chi connectivity index (χ4n) is 3.57. The van der Waals surface area contributed by atoms with E-state index in [4.69, 9.17) is 5.10 Å². The van der Waals surface area contributed by atoms with E-state index in [1.807, 2.05) is 71.4 Å². The van der Waals surface area contributed by atoms with Gasteiger partial charge in [-0.2, -0.15) is 5.10 Å². The number of hydrogen-bond acceptors (Lipinski definition) is 3. The molecule has 3 aromatic rings. The van der Waals surface area contributed by atoms with Crippen molar-refractivity contribution in [1.29, 1.82) is 0 Å². The number of rotatable bonds is 5. The molecule has 5 nitrogen and oxygen atoms in total. The van der Waals surface area contributed by atoms with Crippen molar-refractivity contribution in [2.45, 2.75) is 25.4 Å². The van der Waals surface area contributed by atoms with Crippen LogP contribution < -0.4 is 5.32 Å². The maximum absolute atomic E-state index is 12.7. The lowest BCUT2D eigenvalue weighted by Gasteiger charge is -2.21. The third-order valence-corrected chi connectivity index (χ3v) is 5.00. The minimum Gasteiger partial charge on any atom is -0.340 e. The highest BCUT2D eigenvalue weighted by molar-refractivity contribution is 5.82. The number of nitrogens with one attached hydrogen (secondary N) is 1. The molecule has 0 aliphatic carbocycles. The molecule has 27 heavy (non-hydrogen) atoms. The van der Waals surface area contributed by atoms with Gasteiger partial charge < -0.3 is 10.2 Å². The van der Waals surface area contributed by atoms with Crippen LogP contribution in [0, 0.1) is 0 Å². The summed E-state index contributed by atoms with van der Waals surface area (Å²) < 4.78 is 1.89. The highest BCUT2D eigenvalue weighted by Crippen LogP contribution is 2.25. The van der Waals surface area contributed by atoms with Gasteiger partial charge in [0.1, 0.15) is 0 Å². The standard InChI is InChI=1S/C22H24N4O/c1-25(22(27)20-13-8-14-23-20)15-18-16-26(19-11-6-3-7-12-19)24-21(18)17-9-4-2-5-10-17/h2-7,9-12,16,20,23H,8,13-15H2,1H3. The van der Waals surface area contributed by atoms with E-state index in [1.165, 1.54) is 0 Å². The normalized spacial score (nSPS) is 16.4. The lowest BCUT2D eigenvalue weighted by atomic mass is 10.1. The van der Waals surface area contributed by atoms with Crippen molar-refractivity contribution >= 4 is 5.91 Å². The van der Waals surface area contributed by atoms with E-state index < -0.39 is 0 Å². The van der Waals surface area contributed by atoms with Gasteiger partial charge in [-0.05, 0) is 31.5 Å². The Morgan fingerprint density at radius 2 is 1.85 bits per heavy atom. The summed E-state index contributed by atoms with van der Waals surface area (Å²) in [4.78, 5) is 14.5. The summed E-state index contributed by atoms with van der Waals surface area (Å²) in [6.45, 7) is 1.46.